The van der Waals surface area contributed by atoms with Gasteiger partial charge in [-0.3, -0.25) is 4.79 Å². The molecule has 0 radical (unpaired) electrons. The molecule has 0 aliphatic carbocycles. The van der Waals surface area contributed by atoms with Crippen LogP contribution in [0.5, 0.6) is 0 Å². The highest BCUT2D eigenvalue weighted by Gasteiger charge is 2.01. The number of nitrogens with one attached hydrogen (secondary N) is 1. The van der Waals surface area contributed by atoms with Gasteiger partial charge in [0.15, 0.2) is 5.81 Å². The molecule has 0 aromatic carbocycles. The SMILES string of the molecule is BC(=O)NCCOCCOCCOC(=O)OCCC. The van der Waals surface area contributed by atoms with Crippen molar-refractivity contribution in [3.05, 3.63) is 0 Å². The molecule has 0 aromatic rings. The quantitative estimate of drug-likeness (QED) is 0.323. The lowest BCUT2D eigenvalue weighted by molar-refractivity contribution is 0.00973. The summed E-state index contributed by atoms with van der Waals surface area (Å²) in [4.78, 5) is 21.4. The summed E-state index contributed by atoms with van der Waals surface area (Å²) in [5.74, 6) is -0.0769. The van der Waals surface area contributed by atoms with Crippen molar-refractivity contribution in [1.29, 1.82) is 0 Å². The smallest absolute Gasteiger partial charge is 0.434 e. The first-order chi connectivity index (χ1) is 9.16. The van der Waals surface area contributed by atoms with Gasteiger partial charge in [-0.1, -0.05) is 6.92 Å². The number of rotatable bonds is 11. The third-order valence-corrected chi connectivity index (χ3v) is 1.86. The van der Waals surface area contributed by atoms with E-state index < -0.39 is 6.16 Å². The van der Waals surface area contributed by atoms with E-state index in [-0.39, 0.29) is 12.4 Å². The molecule has 0 rings (SSSR count). The first kappa shape index (κ1) is 17.7. The fourth-order valence-electron chi connectivity index (χ4n) is 1.03. The maximum Gasteiger partial charge on any atom is 0.508 e. The minimum Gasteiger partial charge on any atom is -0.434 e. The Morgan fingerprint density at radius 3 is 2.16 bits per heavy atom. The molecule has 7 nitrogen and oxygen atoms in total. The second kappa shape index (κ2) is 13.2. The molecular formula is C11H22BNO6. The average Bonchev–Trinajstić information content (AvgIpc) is 2.38. The van der Waals surface area contributed by atoms with Crippen molar-refractivity contribution < 1.29 is 28.5 Å². The van der Waals surface area contributed by atoms with Gasteiger partial charge in [0.05, 0.1) is 33.0 Å². The molecule has 19 heavy (non-hydrogen) atoms. The zero-order valence-electron chi connectivity index (χ0n) is 11.6. The molecule has 110 valence electrons. The Bertz CT molecular complexity index is 251. The van der Waals surface area contributed by atoms with Crippen LogP contribution in [0.15, 0.2) is 0 Å². The van der Waals surface area contributed by atoms with E-state index in [9.17, 15) is 9.59 Å². The summed E-state index contributed by atoms with van der Waals surface area (Å²) >= 11 is 0. The average molecular weight is 275 g/mol. The van der Waals surface area contributed by atoms with Crippen LogP contribution >= 0.6 is 0 Å². The van der Waals surface area contributed by atoms with Crippen LogP contribution in [0.2, 0.25) is 0 Å². The standard InChI is InChI=1S/C11H22BNO6/c1-2-4-18-11(15)19-9-8-17-7-6-16-5-3-13-10(12)14/h2-9,12H2,1H3,(H,13,14). The minimum atomic E-state index is -0.669. The minimum absolute atomic E-state index is 0.0769. The highest BCUT2D eigenvalue weighted by Crippen LogP contribution is 1.88. The van der Waals surface area contributed by atoms with E-state index in [4.69, 9.17) is 18.9 Å². The van der Waals surface area contributed by atoms with E-state index in [0.29, 0.717) is 39.6 Å². The van der Waals surface area contributed by atoms with Crippen molar-refractivity contribution in [2.24, 2.45) is 0 Å². The van der Waals surface area contributed by atoms with Gasteiger partial charge in [-0.2, -0.15) is 0 Å². The maximum absolute atomic E-state index is 10.9. The van der Waals surface area contributed by atoms with Crippen molar-refractivity contribution >= 4 is 19.8 Å². The second-order valence-corrected chi connectivity index (χ2v) is 3.65. The zero-order chi connectivity index (χ0) is 14.3. The lowest BCUT2D eigenvalue weighted by Gasteiger charge is -2.07. The van der Waals surface area contributed by atoms with E-state index in [2.05, 4.69) is 5.32 Å². The van der Waals surface area contributed by atoms with Crippen LogP contribution in [-0.2, 0) is 18.9 Å². The summed E-state index contributed by atoms with van der Waals surface area (Å²) in [5, 5.41) is 2.61. The summed E-state index contributed by atoms with van der Waals surface area (Å²) in [6.07, 6.45) is 0.0959. The van der Waals surface area contributed by atoms with Crippen LogP contribution in [0.4, 0.5) is 9.59 Å². The number of carbonyl (C=O) groups is 2. The van der Waals surface area contributed by atoms with Crippen LogP contribution in [-0.4, -0.2) is 66.0 Å². The van der Waals surface area contributed by atoms with Crippen LogP contribution in [0.3, 0.4) is 0 Å². The van der Waals surface area contributed by atoms with E-state index in [1.165, 1.54) is 7.85 Å². The highest BCUT2D eigenvalue weighted by molar-refractivity contribution is 6.57. The first-order valence-electron chi connectivity index (χ1n) is 6.36. The lowest BCUT2D eigenvalue weighted by Crippen LogP contribution is -2.26. The third-order valence-electron chi connectivity index (χ3n) is 1.86. The van der Waals surface area contributed by atoms with Gasteiger partial charge in [0.2, 0.25) is 7.85 Å². The molecular weight excluding hydrogens is 253 g/mol. The Hall–Kier alpha value is -1.28. The molecule has 0 aliphatic heterocycles. The van der Waals surface area contributed by atoms with Crippen molar-refractivity contribution in [2.45, 2.75) is 13.3 Å². The van der Waals surface area contributed by atoms with Crippen molar-refractivity contribution in [3.8, 4) is 0 Å². The third kappa shape index (κ3) is 14.7. The Balaban J connectivity index is 3.10. The molecule has 0 aliphatic rings. The molecule has 0 heterocycles. The number of hydrogen-bond acceptors (Lipinski definition) is 6. The first-order valence-corrected chi connectivity index (χ1v) is 6.36. The fraction of sp³-hybridized carbons (Fsp3) is 0.818. The van der Waals surface area contributed by atoms with Crippen molar-refractivity contribution in [1.82, 2.24) is 5.32 Å². The van der Waals surface area contributed by atoms with Gasteiger partial charge in [0.1, 0.15) is 6.61 Å². The Morgan fingerprint density at radius 2 is 1.53 bits per heavy atom. The zero-order valence-corrected chi connectivity index (χ0v) is 11.6. The van der Waals surface area contributed by atoms with Crippen molar-refractivity contribution in [2.75, 3.05) is 46.2 Å². The van der Waals surface area contributed by atoms with Gasteiger partial charge in [-0.05, 0) is 6.42 Å². The fourth-order valence-corrected chi connectivity index (χ4v) is 1.03. The predicted molar refractivity (Wildman–Crippen MR) is 71.2 cm³/mol. The summed E-state index contributed by atoms with van der Waals surface area (Å²) in [6, 6.07) is 0. The normalized spacial score (nSPS) is 9.95. The summed E-state index contributed by atoms with van der Waals surface area (Å²) in [5.41, 5.74) is 0. The van der Waals surface area contributed by atoms with Gasteiger partial charge < -0.3 is 24.3 Å². The topological polar surface area (TPSA) is 83.1 Å². The number of ether oxygens (including phenoxy) is 4. The summed E-state index contributed by atoms with van der Waals surface area (Å²) < 4.78 is 19.8. The molecule has 0 atom stereocenters. The molecule has 0 spiro atoms. The largest absolute Gasteiger partial charge is 0.508 e. The van der Waals surface area contributed by atoms with E-state index in [1.54, 1.807) is 0 Å². The lowest BCUT2D eigenvalue weighted by atomic mass is 10.1. The molecule has 0 unspecified atom stereocenters. The Kier molecular flexibility index (Phi) is 12.3. The van der Waals surface area contributed by atoms with Gasteiger partial charge in [-0.25, -0.2) is 4.79 Å². The molecule has 1 N–H and O–H groups in total. The Labute approximate surface area is 114 Å². The van der Waals surface area contributed by atoms with E-state index in [1.807, 2.05) is 6.92 Å². The maximum atomic E-state index is 10.9. The second-order valence-electron chi connectivity index (χ2n) is 3.65. The van der Waals surface area contributed by atoms with Crippen LogP contribution in [0.1, 0.15) is 13.3 Å². The van der Waals surface area contributed by atoms with Crippen molar-refractivity contribution in [3.63, 3.8) is 0 Å². The summed E-state index contributed by atoms with van der Waals surface area (Å²) in [7, 11) is 1.45. The molecule has 0 bridgehead atoms. The van der Waals surface area contributed by atoms with E-state index >= 15 is 0 Å². The molecule has 8 heteroatoms. The van der Waals surface area contributed by atoms with Gasteiger partial charge in [0, 0.05) is 6.54 Å². The van der Waals surface area contributed by atoms with Crippen LogP contribution < -0.4 is 5.32 Å². The van der Waals surface area contributed by atoms with Gasteiger partial charge in [-0.15, -0.1) is 0 Å². The van der Waals surface area contributed by atoms with Gasteiger partial charge in [0.25, 0.3) is 0 Å². The molecule has 0 aromatic heterocycles. The van der Waals surface area contributed by atoms with Crippen LogP contribution in [0.25, 0.3) is 0 Å². The number of carbonyl (C=O) groups excluding carboxylic acids is 2. The number of amides is 1. The molecule has 0 saturated carbocycles. The molecule has 1 amide bonds. The molecule has 0 saturated heterocycles. The number of hydrogen-bond donors (Lipinski definition) is 1. The summed E-state index contributed by atoms with van der Waals surface area (Å²) in [6.45, 7) is 4.51. The van der Waals surface area contributed by atoms with E-state index in [0.717, 1.165) is 6.42 Å². The monoisotopic (exact) mass is 275 g/mol. The van der Waals surface area contributed by atoms with Crippen LogP contribution in [0, 0.1) is 0 Å². The Morgan fingerprint density at radius 1 is 0.947 bits per heavy atom. The van der Waals surface area contributed by atoms with Gasteiger partial charge >= 0.3 is 6.16 Å². The predicted octanol–water partition coefficient (Wildman–Crippen LogP) is -0.0745. The molecule has 0 fully saturated rings. The highest BCUT2D eigenvalue weighted by atomic mass is 16.7.